The first-order valence-corrected chi connectivity index (χ1v) is 11.1. The molecule has 0 fully saturated rings. The van der Waals surface area contributed by atoms with Gasteiger partial charge in [-0.1, -0.05) is 36.2 Å². The maximum Gasteiger partial charge on any atom is 0.0654 e. The smallest absolute Gasteiger partial charge is 0.0654 e. The molecular formula is C24H28N6S. The van der Waals surface area contributed by atoms with Crippen LogP contribution in [-0.2, 0) is 6.54 Å². The van der Waals surface area contributed by atoms with Crippen molar-refractivity contribution in [3.05, 3.63) is 90.3 Å². The van der Waals surface area contributed by atoms with E-state index in [-0.39, 0.29) is 0 Å². The van der Waals surface area contributed by atoms with Gasteiger partial charge in [-0.3, -0.25) is 14.7 Å². The topological polar surface area (TPSA) is 87.4 Å². The minimum absolute atomic E-state index is 0.569. The monoisotopic (exact) mass is 432 g/mol. The Kier molecular flexibility index (Phi) is 8.97. The Balaban J connectivity index is 1.76. The van der Waals surface area contributed by atoms with E-state index in [1.165, 1.54) is 0 Å². The second-order valence-electron chi connectivity index (χ2n) is 6.70. The van der Waals surface area contributed by atoms with E-state index in [0.717, 1.165) is 40.5 Å². The Bertz CT molecular complexity index is 989. The molecule has 160 valence electrons. The molecule has 0 spiro atoms. The van der Waals surface area contributed by atoms with Crippen LogP contribution >= 0.6 is 11.9 Å². The van der Waals surface area contributed by atoms with Gasteiger partial charge < -0.3 is 16.4 Å². The zero-order chi connectivity index (χ0) is 21.7. The molecule has 0 aliphatic heterocycles. The van der Waals surface area contributed by atoms with E-state index in [1.54, 1.807) is 24.4 Å². The molecular weight excluding hydrogens is 404 g/mol. The molecule has 1 heterocycles. The summed E-state index contributed by atoms with van der Waals surface area (Å²) < 4.78 is 3.08. The number of benzene rings is 2. The summed E-state index contributed by atoms with van der Waals surface area (Å²) in [5, 5.41) is 6.90. The average molecular weight is 433 g/mol. The van der Waals surface area contributed by atoms with Gasteiger partial charge in [0.15, 0.2) is 0 Å². The summed E-state index contributed by atoms with van der Waals surface area (Å²) in [6.45, 7) is 1.39. The van der Waals surface area contributed by atoms with Crippen molar-refractivity contribution in [3.8, 4) is 0 Å². The van der Waals surface area contributed by atoms with Crippen molar-refractivity contribution in [2.24, 2.45) is 10.7 Å². The second kappa shape index (κ2) is 12.4. The summed E-state index contributed by atoms with van der Waals surface area (Å²) in [5.41, 5.74) is 12.1. The molecule has 0 saturated carbocycles. The number of aromatic nitrogens is 1. The fourth-order valence-corrected chi connectivity index (χ4v) is 3.32. The lowest BCUT2D eigenvalue weighted by molar-refractivity contribution is 1.05. The van der Waals surface area contributed by atoms with Crippen LogP contribution < -0.4 is 21.1 Å². The molecule has 0 radical (unpaired) electrons. The van der Waals surface area contributed by atoms with Crippen molar-refractivity contribution in [1.29, 1.82) is 0 Å². The zero-order valence-corrected chi connectivity index (χ0v) is 18.4. The maximum absolute atomic E-state index is 6.44. The second-order valence-corrected chi connectivity index (χ2v) is 7.81. The first-order chi connectivity index (χ1) is 15.3. The lowest BCUT2D eigenvalue weighted by atomic mass is 10.1. The number of anilines is 3. The highest BCUT2D eigenvalue weighted by atomic mass is 32.2. The Morgan fingerprint density at radius 2 is 1.97 bits per heavy atom. The summed E-state index contributed by atoms with van der Waals surface area (Å²) >= 11 is 1.66. The van der Waals surface area contributed by atoms with Crippen LogP contribution in [0.15, 0.2) is 84.1 Å². The molecule has 1 aromatic heterocycles. The van der Waals surface area contributed by atoms with Crippen molar-refractivity contribution in [1.82, 2.24) is 9.71 Å². The summed E-state index contributed by atoms with van der Waals surface area (Å²) in [6.07, 6.45) is 7.16. The zero-order valence-electron chi connectivity index (χ0n) is 17.6. The van der Waals surface area contributed by atoms with Gasteiger partial charge in [0.2, 0.25) is 0 Å². The first kappa shape index (κ1) is 22.4. The van der Waals surface area contributed by atoms with E-state index in [2.05, 4.69) is 37.5 Å². The molecule has 0 saturated heterocycles. The number of nitrogens with zero attached hydrogens (tertiary/aromatic N) is 2. The number of rotatable bonds is 11. The fraction of sp³-hybridized carbons (Fsp3) is 0.167. The molecule has 5 N–H and O–H groups in total. The summed E-state index contributed by atoms with van der Waals surface area (Å²) in [4.78, 5) is 8.55. The summed E-state index contributed by atoms with van der Waals surface area (Å²) in [6, 6.07) is 20.1. The van der Waals surface area contributed by atoms with E-state index in [1.807, 2.05) is 67.9 Å². The van der Waals surface area contributed by atoms with Gasteiger partial charge >= 0.3 is 0 Å². The van der Waals surface area contributed by atoms with Crippen LogP contribution in [0.1, 0.15) is 11.1 Å². The Hall–Kier alpha value is -3.29. The van der Waals surface area contributed by atoms with Crippen molar-refractivity contribution in [3.63, 3.8) is 0 Å². The van der Waals surface area contributed by atoms with Gasteiger partial charge in [0.25, 0.3) is 0 Å². The van der Waals surface area contributed by atoms with Gasteiger partial charge in [0.1, 0.15) is 0 Å². The Morgan fingerprint density at radius 3 is 2.74 bits per heavy atom. The van der Waals surface area contributed by atoms with Crippen LogP contribution in [-0.4, -0.2) is 30.5 Å². The van der Waals surface area contributed by atoms with Gasteiger partial charge in [-0.05, 0) is 55.1 Å². The largest absolute Gasteiger partial charge is 0.398 e. The number of para-hydroxylation sites is 1. The third kappa shape index (κ3) is 7.47. The molecule has 6 nitrogen and oxygen atoms in total. The Morgan fingerprint density at radius 1 is 1.10 bits per heavy atom. The number of nitrogens with two attached hydrogens (primary N) is 1. The highest BCUT2D eigenvalue weighted by Crippen LogP contribution is 2.27. The lowest BCUT2D eigenvalue weighted by Gasteiger charge is -2.15. The molecule has 0 amide bonds. The predicted molar refractivity (Wildman–Crippen MR) is 135 cm³/mol. The van der Waals surface area contributed by atoms with E-state index >= 15 is 0 Å². The number of hydrogen-bond acceptors (Lipinski definition) is 7. The van der Waals surface area contributed by atoms with Crippen LogP contribution in [0.3, 0.4) is 0 Å². The molecule has 0 unspecified atom stereocenters. The van der Waals surface area contributed by atoms with E-state index in [4.69, 9.17) is 5.73 Å². The highest BCUT2D eigenvalue weighted by molar-refractivity contribution is 7.97. The number of allylic oxidation sites excluding steroid dienone is 1. The van der Waals surface area contributed by atoms with Crippen LogP contribution in [0.2, 0.25) is 0 Å². The van der Waals surface area contributed by atoms with Gasteiger partial charge in [-0.25, -0.2) is 0 Å². The van der Waals surface area contributed by atoms with Crippen molar-refractivity contribution < 1.29 is 0 Å². The van der Waals surface area contributed by atoms with Crippen molar-refractivity contribution in [2.75, 3.05) is 30.0 Å². The fourth-order valence-electron chi connectivity index (χ4n) is 2.91. The first-order valence-electron chi connectivity index (χ1n) is 10.1. The molecule has 7 heteroatoms. The molecule has 3 aromatic rings. The van der Waals surface area contributed by atoms with Crippen LogP contribution in [0.25, 0.3) is 5.70 Å². The predicted octanol–water partition coefficient (Wildman–Crippen LogP) is 4.68. The van der Waals surface area contributed by atoms with Gasteiger partial charge in [-0.15, -0.1) is 0 Å². The Labute approximate surface area is 188 Å². The summed E-state index contributed by atoms with van der Waals surface area (Å²) in [5.74, 6) is 0.941. The van der Waals surface area contributed by atoms with Crippen molar-refractivity contribution in [2.45, 2.75) is 6.54 Å². The van der Waals surface area contributed by atoms with Crippen LogP contribution in [0.5, 0.6) is 0 Å². The van der Waals surface area contributed by atoms with Crippen molar-refractivity contribution >= 4 is 40.9 Å². The molecule has 0 aliphatic rings. The number of aliphatic imine (C=N–C) groups is 1. The third-order valence-electron chi connectivity index (χ3n) is 4.41. The standard InChI is InChI=1S/C24H28N6S/c1-26-31-15-14-29-24-10-9-21(30-20-7-3-2-4-8-20)16-22(24)23(25)11-13-28-18-19-6-5-12-27-17-19/h2-13,16-17,26,29-30H,14-15,18,25H2,1H3/b23-11-,28-13?. The lowest BCUT2D eigenvalue weighted by Crippen LogP contribution is -2.10. The molecule has 3 rings (SSSR count). The third-order valence-corrected chi connectivity index (χ3v) is 5.11. The molecule has 0 bridgehead atoms. The van der Waals surface area contributed by atoms with Crippen LogP contribution in [0, 0.1) is 0 Å². The van der Waals surface area contributed by atoms with E-state index < -0.39 is 0 Å². The van der Waals surface area contributed by atoms with Gasteiger partial charge in [0, 0.05) is 59.2 Å². The molecule has 2 aromatic carbocycles. The summed E-state index contributed by atoms with van der Waals surface area (Å²) in [7, 11) is 1.92. The van der Waals surface area contributed by atoms with Gasteiger partial charge in [0.05, 0.1) is 6.54 Å². The normalized spacial score (nSPS) is 11.6. The minimum Gasteiger partial charge on any atom is -0.398 e. The quantitative estimate of drug-likeness (QED) is 0.200. The number of nitrogens with one attached hydrogen (secondary N) is 3. The maximum atomic E-state index is 6.44. The SMILES string of the molecule is CNSCCNc1ccc(Nc2ccccc2)cc1/C(N)=C/C=NCc1cccnc1. The molecule has 0 atom stereocenters. The molecule has 0 aliphatic carbocycles. The number of hydrogen-bond donors (Lipinski definition) is 4. The highest BCUT2D eigenvalue weighted by Gasteiger charge is 2.07. The minimum atomic E-state index is 0.569. The number of pyridine rings is 1. The van der Waals surface area contributed by atoms with Gasteiger partial charge in [-0.2, -0.15) is 0 Å². The average Bonchev–Trinajstić information content (AvgIpc) is 2.81. The van der Waals surface area contributed by atoms with Crippen LogP contribution in [0.4, 0.5) is 17.1 Å². The van der Waals surface area contributed by atoms with E-state index in [0.29, 0.717) is 12.2 Å². The molecule has 31 heavy (non-hydrogen) atoms. The van der Waals surface area contributed by atoms with E-state index in [9.17, 15) is 0 Å².